The molecule has 6 nitrogen and oxygen atoms in total. The van der Waals surface area contributed by atoms with Gasteiger partial charge < -0.3 is 0 Å². The van der Waals surface area contributed by atoms with Gasteiger partial charge in [0, 0.05) is 17.0 Å². The maximum Gasteiger partial charge on any atom is 0.280 e. The highest BCUT2D eigenvalue weighted by Crippen LogP contribution is 2.32. The lowest BCUT2D eigenvalue weighted by Crippen LogP contribution is -2.11. The molecule has 0 aliphatic heterocycles. The van der Waals surface area contributed by atoms with Gasteiger partial charge in [0.1, 0.15) is 0 Å². The van der Waals surface area contributed by atoms with Crippen LogP contribution in [0.15, 0.2) is 41.1 Å². The van der Waals surface area contributed by atoms with Crippen LogP contribution in [0.2, 0.25) is 0 Å². The second-order valence-corrected chi connectivity index (χ2v) is 6.55. The van der Waals surface area contributed by atoms with Gasteiger partial charge in [-0.15, -0.1) is 22.7 Å². The van der Waals surface area contributed by atoms with Crippen LogP contribution in [0.1, 0.15) is 15.9 Å². The van der Waals surface area contributed by atoms with E-state index < -0.39 is 4.92 Å². The van der Waals surface area contributed by atoms with Gasteiger partial charge in [-0.1, -0.05) is 17.7 Å². The average Bonchev–Trinajstić information content (AvgIpc) is 3.16. The van der Waals surface area contributed by atoms with Gasteiger partial charge >= 0.3 is 0 Å². The Hall–Kier alpha value is -2.58. The number of aryl methyl sites for hydroxylation is 1. The number of nitro groups is 1. The maximum atomic E-state index is 12.1. The largest absolute Gasteiger partial charge is 0.298 e. The van der Waals surface area contributed by atoms with Gasteiger partial charge in [0.25, 0.3) is 11.6 Å². The van der Waals surface area contributed by atoms with E-state index >= 15 is 0 Å². The molecule has 0 aliphatic rings. The van der Waals surface area contributed by atoms with E-state index in [1.54, 1.807) is 17.5 Å². The van der Waals surface area contributed by atoms with Crippen LogP contribution in [-0.4, -0.2) is 15.8 Å². The Morgan fingerprint density at radius 2 is 1.96 bits per heavy atom. The summed E-state index contributed by atoms with van der Waals surface area (Å²) in [5.74, 6) is -0.233. The Morgan fingerprint density at radius 1 is 1.22 bits per heavy atom. The predicted octanol–water partition coefficient (Wildman–Crippen LogP) is 4.34. The second-order valence-electron chi connectivity index (χ2n) is 4.78. The van der Waals surface area contributed by atoms with Crippen LogP contribution in [-0.2, 0) is 0 Å². The number of aromatic nitrogens is 1. The van der Waals surface area contributed by atoms with Crippen molar-refractivity contribution >= 4 is 39.4 Å². The van der Waals surface area contributed by atoms with Crippen LogP contribution >= 0.6 is 22.7 Å². The number of benzene rings is 1. The molecule has 1 amide bonds. The molecule has 3 rings (SSSR count). The van der Waals surface area contributed by atoms with Crippen molar-refractivity contribution in [3.8, 4) is 10.6 Å². The highest BCUT2D eigenvalue weighted by molar-refractivity contribution is 7.16. The number of nitrogens with one attached hydrogen (secondary N) is 1. The standard InChI is InChI=1S/C15H11N3O3S2/c1-9-2-4-10(5-3-9)14(19)17-15-16-12(8-23-15)13-6-11(7-22-13)18(20)21/h2-8H,1H3,(H,16,17,19). The molecule has 2 heterocycles. The molecule has 0 atom stereocenters. The van der Waals surface area contributed by atoms with Crippen molar-refractivity contribution in [2.24, 2.45) is 0 Å². The van der Waals surface area contributed by atoms with Gasteiger partial charge in [-0.2, -0.15) is 0 Å². The zero-order valence-electron chi connectivity index (χ0n) is 12.0. The van der Waals surface area contributed by atoms with E-state index in [0.29, 0.717) is 21.3 Å². The summed E-state index contributed by atoms with van der Waals surface area (Å²) in [6.07, 6.45) is 0. The number of nitrogens with zero attached hydrogens (tertiary/aromatic N) is 2. The summed E-state index contributed by atoms with van der Waals surface area (Å²) in [7, 11) is 0. The first-order valence-electron chi connectivity index (χ1n) is 6.60. The molecule has 0 aliphatic carbocycles. The van der Waals surface area contributed by atoms with E-state index in [-0.39, 0.29) is 11.6 Å². The van der Waals surface area contributed by atoms with Crippen molar-refractivity contribution in [2.45, 2.75) is 6.92 Å². The molecule has 2 aromatic heterocycles. The Bertz CT molecular complexity index is 868. The summed E-state index contributed by atoms with van der Waals surface area (Å²) >= 11 is 2.53. The van der Waals surface area contributed by atoms with Gasteiger partial charge in [0.05, 0.1) is 20.9 Å². The minimum Gasteiger partial charge on any atom is -0.298 e. The number of thiophene rings is 1. The summed E-state index contributed by atoms with van der Waals surface area (Å²) in [4.78, 5) is 27.4. The molecule has 116 valence electrons. The van der Waals surface area contributed by atoms with Gasteiger partial charge in [-0.25, -0.2) is 4.98 Å². The number of thiazole rings is 1. The number of anilines is 1. The van der Waals surface area contributed by atoms with E-state index in [0.717, 1.165) is 5.56 Å². The number of carbonyl (C=O) groups is 1. The first kappa shape index (κ1) is 15.3. The molecule has 1 N–H and O–H groups in total. The number of hydrogen-bond acceptors (Lipinski definition) is 6. The smallest absolute Gasteiger partial charge is 0.280 e. The molecule has 0 saturated carbocycles. The fourth-order valence-electron chi connectivity index (χ4n) is 1.87. The summed E-state index contributed by atoms with van der Waals surface area (Å²) in [6.45, 7) is 1.95. The summed E-state index contributed by atoms with van der Waals surface area (Å²) in [6, 6.07) is 8.72. The first-order chi connectivity index (χ1) is 11.0. The van der Waals surface area contributed by atoms with Crippen molar-refractivity contribution < 1.29 is 9.72 Å². The summed E-state index contributed by atoms with van der Waals surface area (Å²) < 4.78 is 0. The Balaban J connectivity index is 1.75. The zero-order valence-corrected chi connectivity index (χ0v) is 13.6. The maximum absolute atomic E-state index is 12.1. The molecule has 1 aromatic carbocycles. The lowest BCUT2D eigenvalue weighted by molar-refractivity contribution is -0.384. The van der Waals surface area contributed by atoms with Crippen LogP contribution in [0, 0.1) is 17.0 Å². The normalized spacial score (nSPS) is 10.5. The predicted molar refractivity (Wildman–Crippen MR) is 91.2 cm³/mol. The summed E-state index contributed by atoms with van der Waals surface area (Å²) in [5.41, 5.74) is 2.30. The van der Waals surface area contributed by atoms with Crippen LogP contribution in [0.4, 0.5) is 10.8 Å². The van der Waals surface area contributed by atoms with E-state index in [2.05, 4.69) is 10.3 Å². The Labute approximate surface area is 139 Å². The molecule has 8 heteroatoms. The Morgan fingerprint density at radius 3 is 2.61 bits per heavy atom. The van der Waals surface area contributed by atoms with E-state index in [1.165, 1.54) is 34.1 Å². The lowest BCUT2D eigenvalue weighted by Gasteiger charge is -2.01. The average molecular weight is 345 g/mol. The minimum atomic E-state index is -0.438. The quantitative estimate of drug-likeness (QED) is 0.563. The van der Waals surface area contributed by atoms with Crippen molar-refractivity contribution in [1.82, 2.24) is 4.98 Å². The van der Waals surface area contributed by atoms with E-state index in [4.69, 9.17) is 0 Å². The Kier molecular flexibility index (Phi) is 4.18. The summed E-state index contributed by atoms with van der Waals surface area (Å²) in [5, 5.41) is 17.1. The van der Waals surface area contributed by atoms with Crippen LogP contribution in [0.5, 0.6) is 0 Å². The highest BCUT2D eigenvalue weighted by Gasteiger charge is 2.14. The lowest BCUT2D eigenvalue weighted by atomic mass is 10.1. The van der Waals surface area contributed by atoms with Crippen molar-refractivity contribution in [1.29, 1.82) is 0 Å². The zero-order chi connectivity index (χ0) is 16.4. The van der Waals surface area contributed by atoms with Crippen molar-refractivity contribution in [3.05, 3.63) is 62.3 Å². The molecule has 0 fully saturated rings. The molecule has 0 bridgehead atoms. The molecular formula is C15H11N3O3S2. The molecule has 3 aromatic rings. The van der Waals surface area contributed by atoms with Gasteiger partial charge in [-0.05, 0) is 19.1 Å². The molecule has 0 spiro atoms. The van der Waals surface area contributed by atoms with Crippen LogP contribution < -0.4 is 5.32 Å². The SMILES string of the molecule is Cc1ccc(C(=O)Nc2nc(-c3cc([N+](=O)[O-])cs3)cs2)cc1. The van der Waals surface area contributed by atoms with Gasteiger partial charge in [-0.3, -0.25) is 20.2 Å². The topological polar surface area (TPSA) is 85.1 Å². The third kappa shape index (κ3) is 3.43. The fraction of sp³-hybridized carbons (Fsp3) is 0.0667. The van der Waals surface area contributed by atoms with E-state index in [9.17, 15) is 14.9 Å². The number of carbonyl (C=O) groups excluding carboxylic acids is 1. The van der Waals surface area contributed by atoms with Crippen molar-refractivity contribution in [3.63, 3.8) is 0 Å². The second kappa shape index (κ2) is 6.27. The number of hydrogen-bond donors (Lipinski definition) is 1. The van der Waals surface area contributed by atoms with Gasteiger partial charge in [0.15, 0.2) is 5.13 Å². The molecule has 0 saturated heterocycles. The molecule has 0 unspecified atom stereocenters. The monoisotopic (exact) mass is 345 g/mol. The third-order valence-corrected chi connectivity index (χ3v) is 4.79. The minimum absolute atomic E-state index is 0.0447. The third-order valence-electron chi connectivity index (χ3n) is 3.09. The van der Waals surface area contributed by atoms with Crippen LogP contribution in [0.25, 0.3) is 10.6 Å². The van der Waals surface area contributed by atoms with Gasteiger partial charge in [0.2, 0.25) is 0 Å². The highest BCUT2D eigenvalue weighted by atomic mass is 32.1. The molecule has 0 radical (unpaired) electrons. The molecule has 23 heavy (non-hydrogen) atoms. The number of rotatable bonds is 4. The van der Waals surface area contributed by atoms with Crippen LogP contribution in [0.3, 0.4) is 0 Å². The van der Waals surface area contributed by atoms with Crippen molar-refractivity contribution in [2.75, 3.05) is 5.32 Å². The first-order valence-corrected chi connectivity index (χ1v) is 8.36. The van der Waals surface area contributed by atoms with E-state index in [1.807, 2.05) is 19.1 Å². The molecular weight excluding hydrogens is 334 g/mol. The fourth-order valence-corrected chi connectivity index (χ4v) is 3.47. The number of amides is 1.